The van der Waals surface area contributed by atoms with E-state index in [2.05, 4.69) is 0 Å². The summed E-state index contributed by atoms with van der Waals surface area (Å²) in [5.41, 5.74) is 0.232. The maximum atomic E-state index is 10.8. The molecule has 3 nitrogen and oxygen atoms in total. The predicted molar refractivity (Wildman–Crippen MR) is 58.5 cm³/mol. The van der Waals surface area contributed by atoms with Gasteiger partial charge in [0.15, 0.2) is 0 Å². The van der Waals surface area contributed by atoms with Gasteiger partial charge < -0.3 is 9.52 Å². The Morgan fingerprint density at radius 3 is 2.60 bits per heavy atom. The zero-order valence-corrected chi connectivity index (χ0v) is 9.22. The molecule has 78 valence electrons. The number of aryl methyl sites for hydroxylation is 2. The average molecular weight is 222 g/mol. The molecule has 0 saturated heterocycles. The van der Waals surface area contributed by atoms with Crippen molar-refractivity contribution in [2.24, 2.45) is 0 Å². The van der Waals surface area contributed by atoms with Crippen LogP contribution >= 0.6 is 11.3 Å². The fourth-order valence-electron chi connectivity index (χ4n) is 1.38. The highest BCUT2D eigenvalue weighted by Crippen LogP contribution is 2.30. The molecule has 0 radical (unpaired) electrons. The molecule has 4 heteroatoms. The van der Waals surface area contributed by atoms with E-state index in [9.17, 15) is 4.79 Å². The third kappa shape index (κ3) is 1.80. The van der Waals surface area contributed by atoms with Gasteiger partial charge in [-0.15, -0.1) is 11.3 Å². The summed E-state index contributed by atoms with van der Waals surface area (Å²) in [6.07, 6.45) is 0. The van der Waals surface area contributed by atoms with E-state index < -0.39 is 5.97 Å². The van der Waals surface area contributed by atoms with Gasteiger partial charge in [0, 0.05) is 10.9 Å². The molecule has 2 rings (SSSR count). The van der Waals surface area contributed by atoms with E-state index >= 15 is 0 Å². The van der Waals surface area contributed by atoms with Crippen LogP contribution in [-0.2, 0) is 0 Å². The van der Waals surface area contributed by atoms with Crippen LogP contribution in [0, 0.1) is 13.8 Å². The van der Waals surface area contributed by atoms with Gasteiger partial charge in [0.05, 0.1) is 4.88 Å². The van der Waals surface area contributed by atoms with Gasteiger partial charge in [0.2, 0.25) is 0 Å². The van der Waals surface area contributed by atoms with E-state index in [0.29, 0.717) is 11.5 Å². The van der Waals surface area contributed by atoms with Crippen molar-refractivity contribution in [2.75, 3.05) is 0 Å². The van der Waals surface area contributed by atoms with E-state index in [1.165, 1.54) is 4.88 Å². The van der Waals surface area contributed by atoms with Gasteiger partial charge in [-0.25, -0.2) is 4.79 Å². The van der Waals surface area contributed by atoms with Crippen LogP contribution in [0.25, 0.3) is 10.6 Å². The average Bonchev–Trinajstić information content (AvgIpc) is 2.71. The molecule has 0 atom stereocenters. The van der Waals surface area contributed by atoms with Gasteiger partial charge in [-0.05, 0) is 26.0 Å². The Bertz CT molecular complexity index is 508. The van der Waals surface area contributed by atoms with Crippen LogP contribution < -0.4 is 0 Å². The summed E-state index contributed by atoms with van der Waals surface area (Å²) in [5, 5.41) is 8.87. The first-order chi connectivity index (χ1) is 7.08. The maximum Gasteiger partial charge on any atom is 0.339 e. The number of hydrogen-bond donors (Lipinski definition) is 1. The van der Waals surface area contributed by atoms with Gasteiger partial charge in [-0.3, -0.25) is 0 Å². The van der Waals surface area contributed by atoms with Crippen molar-refractivity contribution < 1.29 is 14.3 Å². The molecule has 0 aliphatic heterocycles. The number of furan rings is 1. The largest absolute Gasteiger partial charge is 0.478 e. The van der Waals surface area contributed by atoms with Crippen LogP contribution in [0.15, 0.2) is 22.6 Å². The Morgan fingerprint density at radius 1 is 1.40 bits per heavy atom. The molecule has 0 amide bonds. The number of rotatable bonds is 2. The van der Waals surface area contributed by atoms with Crippen molar-refractivity contribution in [3.8, 4) is 10.6 Å². The van der Waals surface area contributed by atoms with Crippen molar-refractivity contribution in [2.45, 2.75) is 13.8 Å². The molecule has 1 N–H and O–H groups in total. The molecule has 0 unspecified atom stereocenters. The maximum absolute atomic E-state index is 10.8. The lowest BCUT2D eigenvalue weighted by Gasteiger charge is -1.87. The number of carboxylic acids is 1. The van der Waals surface area contributed by atoms with Crippen molar-refractivity contribution in [3.63, 3.8) is 0 Å². The van der Waals surface area contributed by atoms with Crippen molar-refractivity contribution in [1.82, 2.24) is 0 Å². The minimum absolute atomic E-state index is 0.232. The van der Waals surface area contributed by atoms with Crippen molar-refractivity contribution in [3.05, 3.63) is 34.4 Å². The van der Waals surface area contributed by atoms with E-state index in [-0.39, 0.29) is 5.56 Å². The SMILES string of the molecule is Cc1ccc(-c2cc(C(=O)O)c(C)o2)s1. The van der Waals surface area contributed by atoms with Gasteiger partial charge in [0.1, 0.15) is 17.1 Å². The smallest absolute Gasteiger partial charge is 0.339 e. The summed E-state index contributed by atoms with van der Waals surface area (Å²) in [6, 6.07) is 5.49. The molecular weight excluding hydrogens is 212 g/mol. The molecule has 2 aromatic rings. The third-order valence-electron chi connectivity index (χ3n) is 2.13. The molecule has 0 aromatic carbocycles. The molecule has 2 heterocycles. The lowest BCUT2D eigenvalue weighted by Crippen LogP contribution is -1.94. The first-order valence-electron chi connectivity index (χ1n) is 4.48. The van der Waals surface area contributed by atoms with Gasteiger partial charge in [-0.2, -0.15) is 0 Å². The summed E-state index contributed by atoms with van der Waals surface area (Å²) >= 11 is 1.59. The number of thiophene rings is 1. The first-order valence-corrected chi connectivity index (χ1v) is 5.30. The molecule has 0 saturated carbocycles. The zero-order chi connectivity index (χ0) is 11.0. The topological polar surface area (TPSA) is 50.4 Å². The second kappa shape index (κ2) is 3.55. The molecule has 0 aliphatic carbocycles. The molecular formula is C11H10O3S. The Morgan fingerprint density at radius 2 is 2.13 bits per heavy atom. The summed E-state index contributed by atoms with van der Waals surface area (Å²) in [5.74, 6) is 0.127. The molecule has 0 spiro atoms. The fraction of sp³-hybridized carbons (Fsp3) is 0.182. The van der Waals surface area contributed by atoms with Crippen molar-refractivity contribution >= 4 is 17.3 Å². The minimum Gasteiger partial charge on any atom is -0.478 e. The second-order valence-corrected chi connectivity index (χ2v) is 4.58. The summed E-state index contributed by atoms with van der Waals surface area (Å²) in [6.45, 7) is 3.66. The van der Waals surface area contributed by atoms with Crippen LogP contribution in [0.4, 0.5) is 0 Å². The van der Waals surface area contributed by atoms with E-state index in [0.717, 1.165) is 4.88 Å². The van der Waals surface area contributed by atoms with E-state index in [4.69, 9.17) is 9.52 Å². The third-order valence-corrected chi connectivity index (χ3v) is 3.15. The number of aromatic carboxylic acids is 1. The zero-order valence-electron chi connectivity index (χ0n) is 8.40. The van der Waals surface area contributed by atoms with Crippen LogP contribution in [-0.4, -0.2) is 11.1 Å². The lowest BCUT2D eigenvalue weighted by molar-refractivity contribution is 0.0695. The minimum atomic E-state index is -0.948. The quantitative estimate of drug-likeness (QED) is 0.847. The summed E-state index contributed by atoms with van der Waals surface area (Å²) in [7, 11) is 0. The Labute approximate surface area is 91.0 Å². The highest BCUT2D eigenvalue weighted by Gasteiger charge is 2.15. The van der Waals surface area contributed by atoms with E-state index in [1.54, 1.807) is 24.3 Å². The van der Waals surface area contributed by atoms with Crippen LogP contribution in [0.2, 0.25) is 0 Å². The summed E-state index contributed by atoms with van der Waals surface area (Å²) < 4.78 is 5.40. The monoisotopic (exact) mass is 222 g/mol. The van der Waals surface area contributed by atoms with Crippen molar-refractivity contribution in [1.29, 1.82) is 0 Å². The highest BCUT2D eigenvalue weighted by molar-refractivity contribution is 7.15. The van der Waals surface area contributed by atoms with Crippen LogP contribution in [0.1, 0.15) is 21.0 Å². The van der Waals surface area contributed by atoms with Gasteiger partial charge >= 0.3 is 5.97 Å². The van der Waals surface area contributed by atoms with Gasteiger partial charge in [0.25, 0.3) is 0 Å². The number of hydrogen-bond acceptors (Lipinski definition) is 3. The Kier molecular flexibility index (Phi) is 2.36. The fourth-order valence-corrected chi connectivity index (χ4v) is 2.20. The first kappa shape index (κ1) is 9.98. The highest BCUT2D eigenvalue weighted by atomic mass is 32.1. The number of carbonyl (C=O) groups is 1. The molecule has 0 aliphatic rings. The lowest BCUT2D eigenvalue weighted by atomic mass is 10.2. The predicted octanol–water partition coefficient (Wildman–Crippen LogP) is 3.32. The molecule has 2 aromatic heterocycles. The Hall–Kier alpha value is -1.55. The standard InChI is InChI=1S/C11H10O3S/c1-6-3-4-10(15-6)9-5-8(11(12)13)7(2)14-9/h3-5H,1-2H3,(H,12,13). The van der Waals surface area contributed by atoms with Gasteiger partial charge in [-0.1, -0.05) is 0 Å². The second-order valence-electron chi connectivity index (χ2n) is 3.30. The molecule has 0 bridgehead atoms. The van der Waals surface area contributed by atoms with E-state index in [1.807, 2.05) is 19.1 Å². The van der Waals surface area contributed by atoms with Crippen LogP contribution in [0.3, 0.4) is 0 Å². The number of carboxylic acid groups (broad SMARTS) is 1. The van der Waals surface area contributed by atoms with Crippen LogP contribution in [0.5, 0.6) is 0 Å². The molecule has 0 fully saturated rings. The summed E-state index contributed by atoms with van der Waals surface area (Å²) in [4.78, 5) is 13.0. The Balaban J connectivity index is 2.46. The molecule has 15 heavy (non-hydrogen) atoms. The normalized spacial score (nSPS) is 10.5.